The Bertz CT molecular complexity index is 2250. The summed E-state index contributed by atoms with van der Waals surface area (Å²) in [5.41, 5.74) is 0.421. The molecule has 1 aromatic heterocycles. The van der Waals surface area contributed by atoms with Gasteiger partial charge in [0.15, 0.2) is 12.3 Å². The topological polar surface area (TPSA) is 134 Å². The van der Waals surface area contributed by atoms with Crippen LogP contribution in [-0.4, -0.2) is 54.3 Å². The van der Waals surface area contributed by atoms with Gasteiger partial charge in [0.1, 0.15) is 24.5 Å². The van der Waals surface area contributed by atoms with Crippen molar-refractivity contribution in [2.24, 2.45) is 0 Å². The van der Waals surface area contributed by atoms with Crippen molar-refractivity contribution in [3.63, 3.8) is 0 Å². The van der Waals surface area contributed by atoms with E-state index < -0.39 is 51.5 Å². The van der Waals surface area contributed by atoms with Crippen LogP contribution in [0.1, 0.15) is 34.0 Å². The SMILES string of the molecule is C=C[C@@]1(OCc2ccccc2)[C@@H]([C@@H](COCc2ccccc2)OCc2ccccc2)O[C@@H](n2cc(C)c(=O)n(COCc3ccccc3)c2=O)[C@@H]1OS(C)(=O)=O. The number of aromatic nitrogens is 2. The van der Waals surface area contributed by atoms with Crippen molar-refractivity contribution < 1.29 is 36.3 Å². The molecule has 1 fully saturated rings. The maximum Gasteiger partial charge on any atom is 0.335 e. The normalized spacial score (nSPS) is 20.1. The first-order valence-corrected chi connectivity index (χ1v) is 20.0. The van der Waals surface area contributed by atoms with Crippen molar-refractivity contribution in [3.8, 4) is 0 Å². The average Bonchev–Trinajstić information content (AvgIpc) is 3.51. The molecule has 0 amide bonds. The molecule has 5 aromatic rings. The Labute approximate surface area is 326 Å². The molecule has 2 heterocycles. The Hall–Kier alpha value is -4.99. The highest BCUT2D eigenvalue weighted by Crippen LogP contribution is 2.45. The van der Waals surface area contributed by atoms with E-state index in [0.717, 1.165) is 37.6 Å². The zero-order chi connectivity index (χ0) is 39.5. The van der Waals surface area contributed by atoms with Crippen LogP contribution in [0.3, 0.4) is 0 Å². The highest BCUT2D eigenvalue weighted by molar-refractivity contribution is 7.86. The Morgan fingerprint density at radius 3 is 1.79 bits per heavy atom. The smallest absolute Gasteiger partial charge is 0.335 e. The summed E-state index contributed by atoms with van der Waals surface area (Å²) in [6, 6.07) is 37.7. The maximum atomic E-state index is 14.3. The van der Waals surface area contributed by atoms with Gasteiger partial charge in [0.25, 0.3) is 15.7 Å². The van der Waals surface area contributed by atoms with Crippen LogP contribution in [0.15, 0.2) is 150 Å². The van der Waals surface area contributed by atoms with Crippen molar-refractivity contribution in [2.45, 2.75) is 70.2 Å². The van der Waals surface area contributed by atoms with Gasteiger partial charge in [0.2, 0.25) is 0 Å². The van der Waals surface area contributed by atoms with Gasteiger partial charge in [-0.3, -0.25) is 13.5 Å². The fourth-order valence-corrected chi connectivity index (χ4v) is 7.22. The van der Waals surface area contributed by atoms with Crippen molar-refractivity contribution in [3.05, 3.63) is 189 Å². The van der Waals surface area contributed by atoms with Crippen LogP contribution in [-0.2, 0) is 71.1 Å². The van der Waals surface area contributed by atoms with Gasteiger partial charge in [0, 0.05) is 11.8 Å². The van der Waals surface area contributed by atoms with Crippen LogP contribution in [0.25, 0.3) is 0 Å². The van der Waals surface area contributed by atoms with Gasteiger partial charge >= 0.3 is 5.69 Å². The van der Waals surface area contributed by atoms with E-state index in [2.05, 4.69) is 6.58 Å². The summed E-state index contributed by atoms with van der Waals surface area (Å²) < 4.78 is 66.3. The molecule has 0 N–H and O–H groups in total. The van der Waals surface area contributed by atoms with Gasteiger partial charge in [-0.05, 0) is 29.2 Å². The van der Waals surface area contributed by atoms with Gasteiger partial charge in [-0.2, -0.15) is 8.42 Å². The molecule has 5 atom stereocenters. The summed E-state index contributed by atoms with van der Waals surface area (Å²) in [5, 5.41) is 0. The Morgan fingerprint density at radius 2 is 1.27 bits per heavy atom. The number of hydrogen-bond acceptors (Lipinski definition) is 10. The zero-order valence-electron chi connectivity index (χ0n) is 31.3. The molecule has 0 bridgehead atoms. The lowest BCUT2D eigenvalue weighted by Gasteiger charge is -2.38. The Balaban J connectivity index is 1.43. The summed E-state index contributed by atoms with van der Waals surface area (Å²) in [6.45, 7) is 5.75. The van der Waals surface area contributed by atoms with E-state index in [9.17, 15) is 18.0 Å². The first kappa shape index (κ1) is 40.7. The van der Waals surface area contributed by atoms with Gasteiger partial charge in [-0.15, -0.1) is 6.58 Å². The number of aryl methyl sites for hydroxylation is 1. The molecule has 12 nitrogen and oxygen atoms in total. The van der Waals surface area contributed by atoms with E-state index in [1.54, 1.807) is 6.92 Å². The lowest BCUT2D eigenvalue weighted by atomic mass is 9.88. The third kappa shape index (κ3) is 10.1. The Morgan fingerprint density at radius 1 is 0.768 bits per heavy atom. The molecule has 1 aliphatic heterocycles. The minimum absolute atomic E-state index is 0.0138. The van der Waals surface area contributed by atoms with E-state index in [-0.39, 0.29) is 45.3 Å². The van der Waals surface area contributed by atoms with E-state index in [1.807, 2.05) is 121 Å². The second-order valence-electron chi connectivity index (χ2n) is 13.5. The average molecular weight is 783 g/mol. The number of hydrogen-bond donors (Lipinski definition) is 0. The molecule has 0 aliphatic carbocycles. The standard InChI is InChI=1S/C43H46N2O10S/c1-4-43(53-29-36-23-15-8-16-24-36)38(37(52-28-35-21-13-7-14-22-35)30-50-26-33-17-9-5-10-18-33)54-41(39(43)55-56(3,48)49)44-25-32(2)40(46)45(42(44)47)31-51-27-34-19-11-6-12-20-34/h4-25,37-39,41H,1,26-31H2,2-3H3/t37-,38-,39+,41-,43-/m1/s1. The van der Waals surface area contributed by atoms with Crippen LogP contribution in [0.5, 0.6) is 0 Å². The van der Waals surface area contributed by atoms with E-state index in [1.165, 1.54) is 12.3 Å². The zero-order valence-corrected chi connectivity index (χ0v) is 32.2. The minimum Gasteiger partial charge on any atom is -0.374 e. The summed E-state index contributed by atoms with van der Waals surface area (Å²) in [4.78, 5) is 27.7. The first-order chi connectivity index (χ1) is 27.1. The molecule has 0 saturated carbocycles. The van der Waals surface area contributed by atoms with E-state index in [0.29, 0.717) is 0 Å². The number of ether oxygens (including phenoxy) is 5. The molecule has 0 radical (unpaired) electrons. The summed E-state index contributed by atoms with van der Waals surface area (Å²) in [6.07, 6.45) is -1.44. The number of benzene rings is 4. The van der Waals surface area contributed by atoms with E-state index >= 15 is 0 Å². The molecule has 0 unspecified atom stereocenters. The lowest BCUT2D eigenvalue weighted by molar-refractivity contribution is -0.167. The number of nitrogens with zero attached hydrogens (tertiary/aromatic N) is 2. The van der Waals surface area contributed by atoms with Crippen molar-refractivity contribution in [1.82, 2.24) is 9.13 Å². The largest absolute Gasteiger partial charge is 0.374 e. The van der Waals surface area contributed by atoms with Crippen LogP contribution in [0, 0.1) is 6.92 Å². The van der Waals surface area contributed by atoms with Gasteiger partial charge in [-0.1, -0.05) is 127 Å². The van der Waals surface area contributed by atoms with Crippen LogP contribution >= 0.6 is 0 Å². The highest BCUT2D eigenvalue weighted by atomic mass is 32.2. The van der Waals surface area contributed by atoms with E-state index in [4.69, 9.17) is 27.9 Å². The summed E-state index contributed by atoms with van der Waals surface area (Å²) >= 11 is 0. The molecule has 56 heavy (non-hydrogen) atoms. The maximum absolute atomic E-state index is 14.3. The molecule has 4 aromatic carbocycles. The Kier molecular flexibility index (Phi) is 13.6. The first-order valence-electron chi connectivity index (χ1n) is 18.1. The van der Waals surface area contributed by atoms with Crippen LogP contribution in [0.2, 0.25) is 0 Å². The van der Waals surface area contributed by atoms with Gasteiger partial charge in [-0.25, -0.2) is 9.36 Å². The minimum atomic E-state index is -4.24. The molecular formula is C43H46N2O10S. The van der Waals surface area contributed by atoms with Gasteiger partial charge < -0.3 is 23.7 Å². The molecule has 13 heteroatoms. The fraction of sp³-hybridized carbons (Fsp3) is 0.302. The molecule has 1 aliphatic rings. The number of rotatable bonds is 19. The predicted octanol–water partition coefficient (Wildman–Crippen LogP) is 5.68. The molecular weight excluding hydrogens is 737 g/mol. The third-order valence-corrected chi connectivity index (χ3v) is 9.93. The second kappa shape index (κ2) is 18.8. The highest BCUT2D eigenvalue weighted by Gasteiger charge is 2.62. The predicted molar refractivity (Wildman–Crippen MR) is 210 cm³/mol. The molecule has 0 spiro atoms. The van der Waals surface area contributed by atoms with Gasteiger partial charge in [0.05, 0.1) is 39.3 Å². The quantitative estimate of drug-likeness (QED) is 0.0762. The van der Waals surface area contributed by atoms with Crippen molar-refractivity contribution in [2.75, 3.05) is 12.9 Å². The van der Waals surface area contributed by atoms with Crippen LogP contribution < -0.4 is 11.2 Å². The lowest BCUT2D eigenvalue weighted by Crippen LogP contribution is -2.55. The monoisotopic (exact) mass is 782 g/mol. The summed E-state index contributed by atoms with van der Waals surface area (Å²) in [5.74, 6) is 0. The molecule has 6 rings (SSSR count). The second-order valence-corrected chi connectivity index (χ2v) is 15.1. The van der Waals surface area contributed by atoms with Crippen LogP contribution in [0.4, 0.5) is 0 Å². The third-order valence-electron chi connectivity index (χ3n) is 9.37. The molecule has 294 valence electrons. The molecule has 1 saturated heterocycles. The fourth-order valence-electron chi connectivity index (χ4n) is 6.60. The van der Waals surface area contributed by atoms with Crippen molar-refractivity contribution >= 4 is 10.1 Å². The summed E-state index contributed by atoms with van der Waals surface area (Å²) in [7, 11) is -4.24. The van der Waals surface area contributed by atoms with Crippen molar-refractivity contribution in [1.29, 1.82) is 0 Å².